The molecule has 1 amide bonds. The summed E-state index contributed by atoms with van der Waals surface area (Å²) in [6.07, 6.45) is 3.99. The van der Waals surface area contributed by atoms with Crippen LogP contribution in [0, 0.1) is 0 Å². The summed E-state index contributed by atoms with van der Waals surface area (Å²) in [4.78, 5) is 17.1. The van der Waals surface area contributed by atoms with Gasteiger partial charge in [0, 0.05) is 19.1 Å². The summed E-state index contributed by atoms with van der Waals surface area (Å²) in [5.74, 6) is 0.417. The second-order valence-electron chi connectivity index (χ2n) is 5.75. The molecule has 1 aromatic carbocycles. The number of nitrogens with zero attached hydrogens (tertiary/aromatic N) is 2. The Bertz CT molecular complexity index is 624. The van der Waals surface area contributed by atoms with Gasteiger partial charge in [-0.2, -0.15) is 0 Å². The maximum Gasteiger partial charge on any atom is 0.291 e. The van der Waals surface area contributed by atoms with E-state index >= 15 is 0 Å². The third kappa shape index (κ3) is 2.07. The second kappa shape index (κ2) is 5.04. The Kier molecular flexibility index (Phi) is 3.04. The topological polar surface area (TPSA) is 36.7 Å². The molecule has 2 aromatic rings. The highest BCUT2D eigenvalue weighted by Crippen LogP contribution is 2.39. The fourth-order valence-corrected chi connectivity index (χ4v) is 3.61. The predicted octanol–water partition coefficient (Wildman–Crippen LogP) is 2.90. The summed E-state index contributed by atoms with van der Waals surface area (Å²) in [6.45, 7) is 1.85. The zero-order valence-corrected chi connectivity index (χ0v) is 11.8. The first kappa shape index (κ1) is 12.7. The van der Waals surface area contributed by atoms with Crippen LogP contribution in [-0.4, -0.2) is 34.8 Å². The van der Waals surface area contributed by atoms with Gasteiger partial charge in [0.1, 0.15) is 6.17 Å². The van der Waals surface area contributed by atoms with Gasteiger partial charge < -0.3 is 9.32 Å². The largest absolute Gasteiger partial charge is 0.459 e. The first-order chi connectivity index (χ1) is 10.3. The van der Waals surface area contributed by atoms with Crippen molar-refractivity contribution in [3.8, 4) is 0 Å². The summed E-state index contributed by atoms with van der Waals surface area (Å²) in [5.41, 5.74) is 1.18. The lowest BCUT2D eigenvalue weighted by atomic mass is 10.1. The molecule has 4 heteroatoms. The van der Waals surface area contributed by atoms with Gasteiger partial charge in [-0.25, -0.2) is 0 Å². The third-order valence-corrected chi connectivity index (χ3v) is 4.53. The minimum absolute atomic E-state index is 0.0109. The van der Waals surface area contributed by atoms with Crippen LogP contribution in [0.15, 0.2) is 53.1 Å². The van der Waals surface area contributed by atoms with Gasteiger partial charge in [-0.3, -0.25) is 9.69 Å². The Morgan fingerprint density at radius 3 is 2.76 bits per heavy atom. The van der Waals surface area contributed by atoms with Crippen molar-refractivity contribution in [1.82, 2.24) is 9.80 Å². The second-order valence-corrected chi connectivity index (χ2v) is 5.75. The summed E-state index contributed by atoms with van der Waals surface area (Å²) in [6, 6.07) is 14.3. The number of benzene rings is 1. The predicted molar refractivity (Wildman–Crippen MR) is 78.7 cm³/mol. The van der Waals surface area contributed by atoms with Crippen molar-refractivity contribution in [3.05, 3.63) is 60.1 Å². The van der Waals surface area contributed by atoms with Crippen LogP contribution < -0.4 is 0 Å². The first-order valence-electron chi connectivity index (χ1n) is 7.50. The number of rotatable bonds is 2. The van der Waals surface area contributed by atoms with E-state index in [1.807, 2.05) is 23.1 Å². The van der Waals surface area contributed by atoms with E-state index in [0.717, 1.165) is 13.1 Å². The van der Waals surface area contributed by atoms with Crippen LogP contribution in [0.25, 0.3) is 0 Å². The molecule has 108 valence electrons. The van der Waals surface area contributed by atoms with Crippen LogP contribution in [-0.2, 0) is 0 Å². The van der Waals surface area contributed by atoms with E-state index in [1.165, 1.54) is 18.4 Å². The normalized spacial score (nSPS) is 25.2. The number of hydrogen-bond acceptors (Lipinski definition) is 3. The molecule has 1 aromatic heterocycles. The van der Waals surface area contributed by atoms with E-state index in [4.69, 9.17) is 4.42 Å². The monoisotopic (exact) mass is 282 g/mol. The number of furan rings is 1. The quantitative estimate of drug-likeness (QED) is 0.850. The van der Waals surface area contributed by atoms with Crippen molar-refractivity contribution in [3.63, 3.8) is 0 Å². The van der Waals surface area contributed by atoms with E-state index in [0.29, 0.717) is 11.8 Å². The molecular formula is C17H18N2O2. The van der Waals surface area contributed by atoms with Crippen molar-refractivity contribution in [2.45, 2.75) is 25.0 Å². The van der Waals surface area contributed by atoms with Gasteiger partial charge in [0.15, 0.2) is 5.76 Å². The average molecular weight is 282 g/mol. The van der Waals surface area contributed by atoms with Gasteiger partial charge in [-0.05, 0) is 30.5 Å². The Balaban J connectivity index is 1.70. The molecular weight excluding hydrogens is 264 g/mol. The van der Waals surface area contributed by atoms with Crippen LogP contribution in [0.3, 0.4) is 0 Å². The lowest BCUT2D eigenvalue weighted by Gasteiger charge is -2.29. The van der Waals surface area contributed by atoms with Crippen molar-refractivity contribution in [2.24, 2.45) is 0 Å². The molecule has 0 saturated carbocycles. The Morgan fingerprint density at radius 2 is 2.00 bits per heavy atom. The van der Waals surface area contributed by atoms with Crippen molar-refractivity contribution in [1.29, 1.82) is 0 Å². The molecule has 2 saturated heterocycles. The lowest BCUT2D eigenvalue weighted by molar-refractivity contribution is 0.0607. The summed E-state index contributed by atoms with van der Waals surface area (Å²) < 4.78 is 5.30. The number of hydrogen-bond donors (Lipinski definition) is 0. The van der Waals surface area contributed by atoms with Crippen LogP contribution in [0.2, 0.25) is 0 Å². The molecule has 0 aliphatic carbocycles. The SMILES string of the molecule is O=C(c1ccco1)N1CC2CCCN2C1c1ccccc1. The van der Waals surface area contributed by atoms with E-state index in [1.54, 1.807) is 18.4 Å². The van der Waals surface area contributed by atoms with Crippen LogP contribution in [0.4, 0.5) is 0 Å². The minimum Gasteiger partial charge on any atom is -0.459 e. The number of carbonyl (C=O) groups excluding carboxylic acids is 1. The Hall–Kier alpha value is -2.07. The average Bonchev–Trinajstić information content (AvgIpc) is 3.23. The van der Waals surface area contributed by atoms with E-state index < -0.39 is 0 Å². The molecule has 0 N–H and O–H groups in total. The Labute approximate surface area is 124 Å². The standard InChI is InChI=1S/C17H18N2O2/c20-17(15-9-5-11-21-15)19-12-14-8-4-10-18(14)16(19)13-6-2-1-3-7-13/h1-3,5-7,9,11,14,16H,4,8,10,12H2. The van der Waals surface area contributed by atoms with Crippen LogP contribution in [0.5, 0.6) is 0 Å². The molecule has 2 aliphatic rings. The highest BCUT2D eigenvalue weighted by molar-refractivity contribution is 5.92. The minimum atomic E-state index is -0.0109. The summed E-state index contributed by atoms with van der Waals surface area (Å²) in [7, 11) is 0. The van der Waals surface area contributed by atoms with Crippen molar-refractivity contribution in [2.75, 3.05) is 13.1 Å². The zero-order valence-electron chi connectivity index (χ0n) is 11.8. The van der Waals surface area contributed by atoms with E-state index in [9.17, 15) is 4.79 Å². The molecule has 2 unspecified atom stereocenters. The van der Waals surface area contributed by atoms with Crippen molar-refractivity contribution < 1.29 is 9.21 Å². The fourth-order valence-electron chi connectivity index (χ4n) is 3.61. The van der Waals surface area contributed by atoms with E-state index in [2.05, 4.69) is 17.0 Å². The molecule has 21 heavy (non-hydrogen) atoms. The van der Waals surface area contributed by atoms with Gasteiger partial charge in [-0.1, -0.05) is 30.3 Å². The molecule has 0 bridgehead atoms. The molecule has 4 nitrogen and oxygen atoms in total. The summed E-state index contributed by atoms with van der Waals surface area (Å²) >= 11 is 0. The van der Waals surface area contributed by atoms with Gasteiger partial charge in [0.25, 0.3) is 5.91 Å². The highest BCUT2D eigenvalue weighted by atomic mass is 16.3. The van der Waals surface area contributed by atoms with E-state index in [-0.39, 0.29) is 12.1 Å². The summed E-state index contributed by atoms with van der Waals surface area (Å²) in [5, 5.41) is 0. The zero-order chi connectivity index (χ0) is 14.2. The number of fused-ring (bicyclic) bond motifs is 1. The van der Waals surface area contributed by atoms with Crippen LogP contribution >= 0.6 is 0 Å². The maximum absolute atomic E-state index is 12.7. The van der Waals surface area contributed by atoms with Crippen LogP contribution in [0.1, 0.15) is 35.1 Å². The molecule has 0 radical (unpaired) electrons. The van der Waals surface area contributed by atoms with Gasteiger partial charge >= 0.3 is 0 Å². The van der Waals surface area contributed by atoms with Gasteiger partial charge in [0.05, 0.1) is 6.26 Å². The molecule has 3 heterocycles. The molecule has 2 aliphatic heterocycles. The smallest absolute Gasteiger partial charge is 0.291 e. The van der Waals surface area contributed by atoms with Gasteiger partial charge in [0.2, 0.25) is 0 Å². The highest BCUT2D eigenvalue weighted by Gasteiger charge is 2.45. The number of carbonyl (C=O) groups is 1. The molecule has 2 atom stereocenters. The Morgan fingerprint density at radius 1 is 1.14 bits per heavy atom. The molecule has 0 spiro atoms. The molecule has 4 rings (SSSR count). The van der Waals surface area contributed by atoms with Crippen molar-refractivity contribution >= 4 is 5.91 Å². The number of amides is 1. The maximum atomic E-state index is 12.7. The molecule has 2 fully saturated rings. The fraction of sp³-hybridized carbons (Fsp3) is 0.353. The third-order valence-electron chi connectivity index (χ3n) is 4.53. The lowest BCUT2D eigenvalue weighted by Crippen LogP contribution is -2.35. The first-order valence-corrected chi connectivity index (χ1v) is 7.50. The van der Waals surface area contributed by atoms with Gasteiger partial charge in [-0.15, -0.1) is 0 Å².